The fourth-order valence-corrected chi connectivity index (χ4v) is 3.64. The Morgan fingerprint density at radius 1 is 1.10 bits per heavy atom. The van der Waals surface area contributed by atoms with E-state index in [-0.39, 0.29) is 12.6 Å². The zero-order chi connectivity index (χ0) is 21.8. The Bertz CT molecular complexity index is 1070. The van der Waals surface area contributed by atoms with Gasteiger partial charge in [0.2, 0.25) is 0 Å². The molecule has 1 aliphatic rings. The summed E-state index contributed by atoms with van der Waals surface area (Å²) in [4.78, 5) is 27.7. The van der Waals surface area contributed by atoms with Crippen LogP contribution in [0.2, 0.25) is 5.02 Å². The number of amides is 2. The standard InChI is InChI=1S/C21H23ClN6O3/c1-26-19(21(30)27-11-3-2-4-12-27)17(13-24-26)25-20(29)18-9-10-23-28(18)14-31-16-7-5-15(22)6-8-16/h5-10,13H,2-4,11-12,14H2,1H3,(H,25,29). The minimum absolute atomic E-state index is 0.0456. The Kier molecular flexibility index (Phi) is 6.22. The van der Waals surface area contributed by atoms with Gasteiger partial charge in [-0.2, -0.15) is 10.2 Å². The van der Waals surface area contributed by atoms with Crippen molar-refractivity contribution in [3.05, 3.63) is 59.1 Å². The fourth-order valence-electron chi connectivity index (χ4n) is 3.51. The first kappa shape index (κ1) is 20.9. The number of anilines is 1. The van der Waals surface area contributed by atoms with Crippen LogP contribution in [0.5, 0.6) is 5.75 Å². The van der Waals surface area contributed by atoms with Gasteiger partial charge >= 0.3 is 0 Å². The first-order valence-electron chi connectivity index (χ1n) is 10.1. The molecule has 1 aliphatic heterocycles. The van der Waals surface area contributed by atoms with Crippen molar-refractivity contribution in [2.75, 3.05) is 18.4 Å². The monoisotopic (exact) mass is 442 g/mol. The quantitative estimate of drug-likeness (QED) is 0.632. The van der Waals surface area contributed by atoms with Crippen molar-refractivity contribution in [1.82, 2.24) is 24.5 Å². The van der Waals surface area contributed by atoms with E-state index in [0.717, 1.165) is 19.3 Å². The molecular weight excluding hydrogens is 420 g/mol. The van der Waals surface area contributed by atoms with Crippen LogP contribution in [0.4, 0.5) is 5.69 Å². The topological polar surface area (TPSA) is 94.3 Å². The third-order valence-electron chi connectivity index (χ3n) is 5.15. The lowest BCUT2D eigenvalue weighted by Crippen LogP contribution is -2.37. The highest BCUT2D eigenvalue weighted by Crippen LogP contribution is 2.21. The summed E-state index contributed by atoms with van der Waals surface area (Å²) in [6.45, 7) is 1.47. The number of aryl methyl sites for hydroxylation is 1. The van der Waals surface area contributed by atoms with Crippen molar-refractivity contribution in [2.24, 2.45) is 7.05 Å². The number of ether oxygens (including phenoxy) is 1. The van der Waals surface area contributed by atoms with Crippen molar-refractivity contribution >= 4 is 29.1 Å². The number of aromatic nitrogens is 4. The molecule has 0 unspecified atom stereocenters. The van der Waals surface area contributed by atoms with Gasteiger partial charge in [-0.25, -0.2) is 4.68 Å². The van der Waals surface area contributed by atoms with Crippen molar-refractivity contribution in [3.63, 3.8) is 0 Å². The van der Waals surface area contributed by atoms with Gasteiger partial charge in [0.15, 0.2) is 6.73 Å². The van der Waals surface area contributed by atoms with Gasteiger partial charge in [-0.15, -0.1) is 0 Å². The Labute approximate surface area is 184 Å². The Hall–Kier alpha value is -3.33. The molecule has 1 aromatic carbocycles. The van der Waals surface area contributed by atoms with Crippen LogP contribution in [0.1, 0.15) is 40.2 Å². The van der Waals surface area contributed by atoms with E-state index in [0.29, 0.717) is 40.9 Å². The number of hydrogen-bond acceptors (Lipinski definition) is 5. The molecule has 1 N–H and O–H groups in total. The van der Waals surface area contributed by atoms with E-state index >= 15 is 0 Å². The van der Waals surface area contributed by atoms with Gasteiger partial charge < -0.3 is 15.0 Å². The first-order chi connectivity index (χ1) is 15.0. The normalized spacial score (nSPS) is 13.8. The lowest BCUT2D eigenvalue weighted by Gasteiger charge is -2.27. The predicted octanol–water partition coefficient (Wildman–Crippen LogP) is 3.18. The van der Waals surface area contributed by atoms with E-state index in [1.165, 1.54) is 21.8 Å². The fraction of sp³-hybridized carbons (Fsp3) is 0.333. The number of carbonyl (C=O) groups excluding carboxylic acids is 2. The summed E-state index contributed by atoms with van der Waals surface area (Å²) in [6.07, 6.45) is 6.10. The highest BCUT2D eigenvalue weighted by molar-refractivity contribution is 6.30. The largest absolute Gasteiger partial charge is 0.471 e. The van der Waals surface area contributed by atoms with Crippen molar-refractivity contribution in [1.29, 1.82) is 0 Å². The minimum atomic E-state index is -0.405. The average Bonchev–Trinajstić information content (AvgIpc) is 3.40. The maximum atomic E-state index is 13.0. The summed E-state index contributed by atoms with van der Waals surface area (Å²) in [7, 11) is 1.69. The van der Waals surface area contributed by atoms with Crippen LogP contribution in [0, 0.1) is 0 Å². The smallest absolute Gasteiger partial charge is 0.274 e. The second kappa shape index (κ2) is 9.22. The Morgan fingerprint density at radius 2 is 1.84 bits per heavy atom. The van der Waals surface area contributed by atoms with Crippen LogP contribution in [0.15, 0.2) is 42.7 Å². The van der Waals surface area contributed by atoms with Crippen molar-refractivity contribution in [3.8, 4) is 5.75 Å². The van der Waals surface area contributed by atoms with Crippen LogP contribution in [0.25, 0.3) is 0 Å². The molecule has 0 aliphatic carbocycles. The number of nitrogens with one attached hydrogen (secondary N) is 1. The molecular formula is C21H23ClN6O3. The van der Waals surface area contributed by atoms with Gasteiger partial charge in [0.1, 0.15) is 17.1 Å². The summed E-state index contributed by atoms with van der Waals surface area (Å²) < 4.78 is 8.61. The number of likely N-dealkylation sites (tertiary alicyclic amines) is 1. The highest BCUT2D eigenvalue weighted by atomic mass is 35.5. The van der Waals surface area contributed by atoms with Gasteiger partial charge in [0, 0.05) is 31.4 Å². The van der Waals surface area contributed by atoms with Crippen molar-refractivity contribution in [2.45, 2.75) is 26.0 Å². The van der Waals surface area contributed by atoms with Gasteiger partial charge in [0.05, 0.1) is 11.9 Å². The number of nitrogens with zero attached hydrogens (tertiary/aromatic N) is 5. The summed E-state index contributed by atoms with van der Waals surface area (Å²) in [5.74, 6) is 0.0698. The van der Waals surface area contributed by atoms with Crippen LogP contribution in [-0.4, -0.2) is 49.4 Å². The first-order valence-corrected chi connectivity index (χ1v) is 10.4. The van der Waals surface area contributed by atoms with E-state index in [9.17, 15) is 9.59 Å². The SMILES string of the molecule is Cn1ncc(NC(=O)c2ccnn2COc2ccc(Cl)cc2)c1C(=O)N1CCCCC1. The molecule has 0 saturated carbocycles. The molecule has 3 heterocycles. The second-order valence-corrected chi connectivity index (χ2v) is 7.72. The van der Waals surface area contributed by atoms with Gasteiger partial charge in [-0.3, -0.25) is 14.3 Å². The number of rotatable bonds is 6. The third-order valence-corrected chi connectivity index (χ3v) is 5.40. The Balaban J connectivity index is 1.46. The zero-order valence-corrected chi connectivity index (χ0v) is 17.9. The average molecular weight is 443 g/mol. The number of hydrogen-bond donors (Lipinski definition) is 1. The molecule has 3 aromatic rings. The molecule has 1 saturated heterocycles. The molecule has 0 atom stereocenters. The predicted molar refractivity (Wildman–Crippen MR) is 115 cm³/mol. The van der Waals surface area contributed by atoms with Crippen LogP contribution in [0.3, 0.4) is 0 Å². The van der Waals surface area contributed by atoms with E-state index in [4.69, 9.17) is 16.3 Å². The summed E-state index contributed by atoms with van der Waals surface area (Å²) in [5, 5.41) is 11.7. The van der Waals surface area contributed by atoms with E-state index in [2.05, 4.69) is 15.5 Å². The lowest BCUT2D eigenvalue weighted by atomic mass is 10.1. The van der Waals surface area contributed by atoms with E-state index < -0.39 is 5.91 Å². The van der Waals surface area contributed by atoms with E-state index in [1.807, 2.05) is 0 Å². The number of piperidine rings is 1. The molecule has 2 amide bonds. The van der Waals surface area contributed by atoms with Crippen LogP contribution >= 0.6 is 11.6 Å². The summed E-state index contributed by atoms with van der Waals surface area (Å²) in [5.41, 5.74) is 1.03. The highest BCUT2D eigenvalue weighted by Gasteiger charge is 2.26. The van der Waals surface area contributed by atoms with Gasteiger partial charge in [-0.05, 0) is 49.6 Å². The number of carbonyl (C=O) groups is 2. The molecule has 2 aromatic heterocycles. The summed E-state index contributed by atoms with van der Waals surface area (Å²) >= 11 is 5.88. The molecule has 4 rings (SSSR count). The maximum absolute atomic E-state index is 13.0. The van der Waals surface area contributed by atoms with Crippen LogP contribution in [-0.2, 0) is 13.8 Å². The number of benzene rings is 1. The number of halogens is 1. The van der Waals surface area contributed by atoms with Gasteiger partial charge in [-0.1, -0.05) is 11.6 Å². The van der Waals surface area contributed by atoms with Crippen molar-refractivity contribution < 1.29 is 14.3 Å². The molecule has 31 heavy (non-hydrogen) atoms. The third kappa shape index (κ3) is 4.72. The molecule has 1 fully saturated rings. The lowest BCUT2D eigenvalue weighted by molar-refractivity contribution is 0.0714. The molecule has 0 bridgehead atoms. The second-order valence-electron chi connectivity index (χ2n) is 7.28. The zero-order valence-electron chi connectivity index (χ0n) is 17.1. The molecule has 162 valence electrons. The molecule has 0 spiro atoms. The maximum Gasteiger partial charge on any atom is 0.274 e. The molecule has 10 heteroatoms. The molecule has 0 radical (unpaired) electrons. The van der Waals surface area contributed by atoms with Gasteiger partial charge in [0.25, 0.3) is 11.8 Å². The Morgan fingerprint density at radius 3 is 2.58 bits per heavy atom. The van der Waals surface area contributed by atoms with E-state index in [1.54, 1.807) is 42.3 Å². The molecule has 9 nitrogen and oxygen atoms in total. The minimum Gasteiger partial charge on any atom is -0.471 e. The van der Waals surface area contributed by atoms with Crippen LogP contribution < -0.4 is 10.1 Å². The summed E-state index contributed by atoms with van der Waals surface area (Å²) in [6, 6.07) is 8.50.